The summed E-state index contributed by atoms with van der Waals surface area (Å²) in [5.41, 5.74) is 1.17. The molecule has 0 N–H and O–H groups in total. The molecule has 0 saturated heterocycles. The fourth-order valence-corrected chi connectivity index (χ4v) is 2.47. The molecule has 0 aromatic carbocycles. The molecule has 1 heterocycles. The van der Waals surface area contributed by atoms with Gasteiger partial charge in [0.2, 0.25) is 0 Å². The first-order chi connectivity index (χ1) is 8.80. The maximum atomic E-state index is 5.15. The Hall–Kier alpha value is -0.490. The van der Waals surface area contributed by atoms with Crippen molar-refractivity contribution in [2.75, 3.05) is 40.5 Å². The van der Waals surface area contributed by atoms with Gasteiger partial charge in [-0.3, -0.25) is 4.90 Å². The molecular formula is C13H24N2O2S. The largest absolute Gasteiger partial charge is 0.385 e. The fraction of sp³-hybridized carbons (Fsp3) is 0.769. The molecule has 4 nitrogen and oxygen atoms in total. The van der Waals surface area contributed by atoms with Gasteiger partial charge >= 0.3 is 0 Å². The van der Waals surface area contributed by atoms with Crippen molar-refractivity contribution in [1.82, 2.24) is 9.88 Å². The van der Waals surface area contributed by atoms with E-state index in [1.165, 1.54) is 10.7 Å². The van der Waals surface area contributed by atoms with Gasteiger partial charge in [-0.1, -0.05) is 6.92 Å². The molecule has 0 bridgehead atoms. The van der Waals surface area contributed by atoms with Crippen molar-refractivity contribution in [3.05, 3.63) is 16.1 Å². The molecule has 0 radical (unpaired) electrons. The maximum Gasteiger partial charge on any atom is 0.0926 e. The molecular weight excluding hydrogens is 248 g/mol. The minimum Gasteiger partial charge on any atom is -0.385 e. The van der Waals surface area contributed by atoms with Crippen molar-refractivity contribution in [1.29, 1.82) is 0 Å². The minimum atomic E-state index is 0.762. The predicted molar refractivity (Wildman–Crippen MR) is 75.1 cm³/mol. The first-order valence-corrected chi connectivity index (χ1v) is 7.31. The van der Waals surface area contributed by atoms with Crippen LogP contribution in [0.1, 0.15) is 24.0 Å². The SMILES string of the molecule is CCc1nc(CN(CCCOC)CCOC)cs1. The first kappa shape index (κ1) is 15.6. The van der Waals surface area contributed by atoms with Gasteiger partial charge in [0, 0.05) is 45.8 Å². The van der Waals surface area contributed by atoms with Crippen LogP contribution in [0.15, 0.2) is 5.38 Å². The second-order valence-electron chi connectivity index (χ2n) is 4.20. The van der Waals surface area contributed by atoms with Crippen molar-refractivity contribution in [2.24, 2.45) is 0 Å². The van der Waals surface area contributed by atoms with E-state index >= 15 is 0 Å². The van der Waals surface area contributed by atoms with E-state index in [-0.39, 0.29) is 0 Å². The van der Waals surface area contributed by atoms with E-state index < -0.39 is 0 Å². The van der Waals surface area contributed by atoms with Crippen LogP contribution >= 0.6 is 11.3 Å². The number of hydrogen-bond donors (Lipinski definition) is 0. The highest BCUT2D eigenvalue weighted by Crippen LogP contribution is 2.12. The Balaban J connectivity index is 2.42. The number of rotatable bonds is 10. The highest BCUT2D eigenvalue weighted by Gasteiger charge is 2.08. The summed E-state index contributed by atoms with van der Waals surface area (Å²) in [6.07, 6.45) is 2.07. The molecule has 0 fully saturated rings. The lowest BCUT2D eigenvalue weighted by molar-refractivity contribution is 0.128. The van der Waals surface area contributed by atoms with Crippen LogP contribution in [-0.2, 0) is 22.4 Å². The van der Waals surface area contributed by atoms with Crippen LogP contribution in [0.25, 0.3) is 0 Å². The number of methoxy groups -OCH3 is 2. The molecule has 5 heteroatoms. The van der Waals surface area contributed by atoms with Crippen molar-refractivity contribution in [3.63, 3.8) is 0 Å². The molecule has 0 spiro atoms. The van der Waals surface area contributed by atoms with Gasteiger partial charge < -0.3 is 9.47 Å². The van der Waals surface area contributed by atoms with Crippen molar-refractivity contribution in [2.45, 2.75) is 26.3 Å². The fourth-order valence-electron chi connectivity index (χ4n) is 1.74. The minimum absolute atomic E-state index is 0.762. The summed E-state index contributed by atoms with van der Waals surface area (Å²) in [6, 6.07) is 0. The molecule has 18 heavy (non-hydrogen) atoms. The molecule has 0 aliphatic carbocycles. The van der Waals surface area contributed by atoms with Crippen molar-refractivity contribution < 1.29 is 9.47 Å². The summed E-state index contributed by atoms with van der Waals surface area (Å²) in [6.45, 7) is 6.58. The molecule has 0 amide bonds. The van der Waals surface area contributed by atoms with Crippen molar-refractivity contribution >= 4 is 11.3 Å². The lowest BCUT2D eigenvalue weighted by atomic mass is 10.3. The third-order valence-corrected chi connectivity index (χ3v) is 3.76. The summed E-state index contributed by atoms with van der Waals surface area (Å²) in [7, 11) is 3.48. The topological polar surface area (TPSA) is 34.6 Å². The molecule has 0 aliphatic rings. The average Bonchev–Trinajstić information content (AvgIpc) is 2.83. The van der Waals surface area contributed by atoms with Gasteiger partial charge in [-0.2, -0.15) is 0 Å². The number of aromatic nitrogens is 1. The monoisotopic (exact) mass is 272 g/mol. The lowest BCUT2D eigenvalue weighted by Crippen LogP contribution is -2.29. The van der Waals surface area contributed by atoms with Gasteiger partial charge in [-0.15, -0.1) is 11.3 Å². The van der Waals surface area contributed by atoms with Crippen LogP contribution < -0.4 is 0 Å². The number of thiazole rings is 1. The Bertz CT molecular complexity index is 318. The third-order valence-electron chi connectivity index (χ3n) is 2.72. The van der Waals surface area contributed by atoms with Crippen molar-refractivity contribution in [3.8, 4) is 0 Å². The zero-order valence-electron chi connectivity index (χ0n) is 11.6. The summed E-state index contributed by atoms with van der Waals surface area (Å²) < 4.78 is 10.2. The molecule has 1 aromatic heterocycles. The number of nitrogens with zero attached hydrogens (tertiary/aromatic N) is 2. The number of ether oxygens (including phenoxy) is 2. The molecule has 0 aliphatic heterocycles. The zero-order valence-corrected chi connectivity index (χ0v) is 12.5. The second kappa shape index (κ2) is 9.44. The second-order valence-corrected chi connectivity index (χ2v) is 5.14. The highest BCUT2D eigenvalue weighted by molar-refractivity contribution is 7.09. The smallest absolute Gasteiger partial charge is 0.0926 e. The van der Waals surface area contributed by atoms with E-state index in [0.29, 0.717) is 0 Å². The summed E-state index contributed by atoms with van der Waals surface area (Å²) in [5, 5.41) is 3.38. The molecule has 0 atom stereocenters. The van der Waals surface area contributed by atoms with E-state index in [0.717, 1.165) is 45.7 Å². The molecule has 1 rings (SSSR count). The van der Waals surface area contributed by atoms with Crippen LogP contribution in [0.2, 0.25) is 0 Å². The Morgan fingerprint density at radius 2 is 2.00 bits per heavy atom. The van der Waals surface area contributed by atoms with E-state index in [2.05, 4.69) is 22.2 Å². The number of hydrogen-bond acceptors (Lipinski definition) is 5. The first-order valence-electron chi connectivity index (χ1n) is 6.43. The summed E-state index contributed by atoms with van der Waals surface area (Å²) in [4.78, 5) is 6.98. The lowest BCUT2D eigenvalue weighted by Gasteiger charge is -2.20. The maximum absolute atomic E-state index is 5.15. The summed E-state index contributed by atoms with van der Waals surface area (Å²) in [5.74, 6) is 0. The van der Waals surface area contributed by atoms with Gasteiger partial charge in [-0.05, 0) is 12.8 Å². The Kier molecular flexibility index (Phi) is 8.17. The average molecular weight is 272 g/mol. The van der Waals surface area contributed by atoms with Gasteiger partial charge in [0.15, 0.2) is 0 Å². The molecule has 104 valence electrons. The highest BCUT2D eigenvalue weighted by atomic mass is 32.1. The standard InChI is InChI=1S/C13H24N2O2S/c1-4-13-14-12(11-18-13)10-15(7-9-17-3)6-5-8-16-2/h11H,4-10H2,1-3H3. The Morgan fingerprint density at radius 1 is 1.22 bits per heavy atom. The Labute approximate surface area is 114 Å². The normalized spacial score (nSPS) is 11.3. The van der Waals surface area contributed by atoms with E-state index in [9.17, 15) is 0 Å². The van der Waals surface area contributed by atoms with Crippen LogP contribution in [0, 0.1) is 0 Å². The predicted octanol–water partition coefficient (Wildman–Crippen LogP) is 2.19. The van der Waals surface area contributed by atoms with E-state index in [1.54, 1.807) is 25.6 Å². The Morgan fingerprint density at radius 3 is 2.61 bits per heavy atom. The summed E-state index contributed by atoms with van der Waals surface area (Å²) >= 11 is 1.75. The molecule has 0 saturated carbocycles. The van der Waals surface area contributed by atoms with Crippen LogP contribution in [0.5, 0.6) is 0 Å². The third kappa shape index (κ3) is 5.91. The van der Waals surface area contributed by atoms with E-state index in [4.69, 9.17) is 9.47 Å². The van der Waals surface area contributed by atoms with E-state index in [1.807, 2.05) is 0 Å². The number of aryl methyl sites for hydroxylation is 1. The van der Waals surface area contributed by atoms with Crippen LogP contribution in [0.3, 0.4) is 0 Å². The quantitative estimate of drug-likeness (QED) is 0.612. The van der Waals surface area contributed by atoms with Gasteiger partial charge in [0.05, 0.1) is 17.3 Å². The van der Waals surface area contributed by atoms with Gasteiger partial charge in [0.25, 0.3) is 0 Å². The van der Waals surface area contributed by atoms with Crippen LogP contribution in [-0.4, -0.2) is 50.4 Å². The molecule has 1 aromatic rings. The van der Waals surface area contributed by atoms with Crippen LogP contribution in [0.4, 0.5) is 0 Å². The zero-order chi connectivity index (χ0) is 13.2. The van der Waals surface area contributed by atoms with Gasteiger partial charge in [0.1, 0.15) is 0 Å². The van der Waals surface area contributed by atoms with Gasteiger partial charge in [-0.25, -0.2) is 4.98 Å². The molecule has 0 unspecified atom stereocenters.